The highest BCUT2D eigenvalue weighted by Gasteiger charge is 2.23. The molecule has 1 fully saturated rings. The predicted octanol–water partition coefficient (Wildman–Crippen LogP) is 4.18. The Morgan fingerprint density at radius 3 is 2.70 bits per heavy atom. The van der Waals surface area contributed by atoms with E-state index >= 15 is 0 Å². The van der Waals surface area contributed by atoms with Crippen molar-refractivity contribution >= 4 is 17.7 Å². The van der Waals surface area contributed by atoms with Crippen molar-refractivity contribution in [2.24, 2.45) is 4.99 Å². The van der Waals surface area contributed by atoms with Crippen LogP contribution in [-0.2, 0) is 6.42 Å². The van der Waals surface area contributed by atoms with Crippen LogP contribution >= 0.6 is 11.8 Å². The van der Waals surface area contributed by atoms with Crippen molar-refractivity contribution in [3.05, 3.63) is 5.82 Å². The lowest BCUT2D eigenvalue weighted by Gasteiger charge is -2.18. The van der Waals surface area contributed by atoms with Crippen LogP contribution in [0.5, 0.6) is 0 Å². The topological polar surface area (TPSA) is 67.1 Å². The quantitative estimate of drug-likeness (QED) is 0.255. The number of aromatic nitrogens is 3. The maximum absolute atomic E-state index is 4.48. The molecule has 2 rings (SSSR count). The molecule has 0 aliphatic heterocycles. The van der Waals surface area contributed by atoms with Crippen molar-refractivity contribution in [3.63, 3.8) is 0 Å². The van der Waals surface area contributed by atoms with E-state index in [2.05, 4.69) is 50.5 Å². The largest absolute Gasteiger partial charge is 0.356 e. The van der Waals surface area contributed by atoms with E-state index in [1.54, 1.807) is 11.8 Å². The van der Waals surface area contributed by atoms with E-state index < -0.39 is 0 Å². The van der Waals surface area contributed by atoms with Gasteiger partial charge in [-0.25, -0.2) is 0 Å². The zero-order valence-corrected chi connectivity index (χ0v) is 18.4. The van der Waals surface area contributed by atoms with E-state index in [1.165, 1.54) is 51.4 Å². The number of aliphatic imine (C=N–C) groups is 1. The van der Waals surface area contributed by atoms with Gasteiger partial charge in [0.2, 0.25) is 0 Å². The molecule has 1 unspecified atom stereocenters. The molecule has 1 aliphatic rings. The Balaban J connectivity index is 1.76. The molecule has 27 heavy (non-hydrogen) atoms. The van der Waals surface area contributed by atoms with Gasteiger partial charge < -0.3 is 15.2 Å². The lowest BCUT2D eigenvalue weighted by atomic mass is 10.1. The summed E-state index contributed by atoms with van der Waals surface area (Å²) in [6, 6.07) is 1.06. The zero-order chi connectivity index (χ0) is 19.5. The van der Waals surface area contributed by atoms with Crippen LogP contribution in [0.3, 0.4) is 0 Å². The highest BCUT2D eigenvalue weighted by molar-refractivity contribution is 7.98. The maximum Gasteiger partial charge on any atom is 0.191 e. The molecular weight excluding hydrogens is 356 g/mol. The molecule has 6 nitrogen and oxygen atoms in total. The molecule has 1 aromatic rings. The van der Waals surface area contributed by atoms with Crippen LogP contribution in [-0.4, -0.2) is 46.6 Å². The monoisotopic (exact) mass is 394 g/mol. The van der Waals surface area contributed by atoms with Crippen LogP contribution in [0, 0.1) is 0 Å². The molecule has 0 aromatic carbocycles. The first-order chi connectivity index (χ1) is 13.2. The standard InChI is InChI=1S/C20H38N6S/c1-5-6-7-11-16(2)23-19(21-3)22-15-10-14-18-24-25-20(27-4)26(18)17-12-8-9-13-17/h16-17H,5-15H2,1-4H3,(H2,21,22,23). The summed E-state index contributed by atoms with van der Waals surface area (Å²) in [7, 11) is 1.84. The highest BCUT2D eigenvalue weighted by Crippen LogP contribution is 2.33. The summed E-state index contributed by atoms with van der Waals surface area (Å²) in [6.45, 7) is 5.37. The summed E-state index contributed by atoms with van der Waals surface area (Å²) in [5.41, 5.74) is 0. The number of hydrogen-bond donors (Lipinski definition) is 2. The SMILES string of the molecule is CCCCCC(C)NC(=NC)NCCCc1nnc(SC)n1C1CCCC1. The van der Waals surface area contributed by atoms with Crippen LogP contribution in [0.2, 0.25) is 0 Å². The van der Waals surface area contributed by atoms with Gasteiger partial charge in [0.1, 0.15) is 5.82 Å². The molecule has 1 aromatic heterocycles. The van der Waals surface area contributed by atoms with Crippen molar-refractivity contribution in [1.29, 1.82) is 0 Å². The number of hydrogen-bond acceptors (Lipinski definition) is 4. The molecule has 0 saturated heterocycles. The molecule has 1 aliphatic carbocycles. The Hall–Kier alpha value is -1.24. The minimum absolute atomic E-state index is 0.456. The summed E-state index contributed by atoms with van der Waals surface area (Å²) in [5, 5.41) is 16.9. The van der Waals surface area contributed by atoms with Crippen molar-refractivity contribution in [3.8, 4) is 0 Å². The van der Waals surface area contributed by atoms with Gasteiger partial charge in [-0.15, -0.1) is 10.2 Å². The second-order valence-electron chi connectivity index (χ2n) is 7.55. The summed E-state index contributed by atoms with van der Waals surface area (Å²) in [4.78, 5) is 4.36. The van der Waals surface area contributed by atoms with Gasteiger partial charge in [-0.05, 0) is 38.9 Å². The number of rotatable bonds is 11. The minimum atomic E-state index is 0.456. The Morgan fingerprint density at radius 2 is 2.04 bits per heavy atom. The highest BCUT2D eigenvalue weighted by atomic mass is 32.2. The first kappa shape index (κ1) is 22.1. The van der Waals surface area contributed by atoms with Crippen LogP contribution in [0.15, 0.2) is 10.1 Å². The van der Waals surface area contributed by atoms with E-state index in [0.29, 0.717) is 12.1 Å². The number of nitrogens with zero attached hydrogens (tertiary/aromatic N) is 4. The van der Waals surface area contributed by atoms with E-state index in [1.807, 2.05) is 7.05 Å². The van der Waals surface area contributed by atoms with Crippen molar-refractivity contribution in [1.82, 2.24) is 25.4 Å². The number of aryl methyl sites for hydroxylation is 1. The molecule has 1 saturated carbocycles. The van der Waals surface area contributed by atoms with Gasteiger partial charge in [0, 0.05) is 32.1 Å². The molecule has 1 atom stereocenters. The van der Waals surface area contributed by atoms with Gasteiger partial charge in [0.25, 0.3) is 0 Å². The second kappa shape index (κ2) is 12.3. The first-order valence-corrected chi connectivity index (χ1v) is 11.9. The second-order valence-corrected chi connectivity index (χ2v) is 8.33. The molecule has 1 heterocycles. The van der Waals surface area contributed by atoms with Crippen LogP contribution in [0.4, 0.5) is 0 Å². The summed E-state index contributed by atoms with van der Waals surface area (Å²) >= 11 is 1.71. The Kier molecular flexibility index (Phi) is 10.0. The molecule has 0 spiro atoms. The number of nitrogens with one attached hydrogen (secondary N) is 2. The average molecular weight is 395 g/mol. The van der Waals surface area contributed by atoms with Gasteiger partial charge in [-0.3, -0.25) is 4.99 Å². The van der Waals surface area contributed by atoms with Crippen LogP contribution in [0.1, 0.15) is 83.5 Å². The fourth-order valence-electron chi connectivity index (χ4n) is 3.80. The third-order valence-electron chi connectivity index (χ3n) is 5.32. The van der Waals surface area contributed by atoms with Gasteiger partial charge in [-0.2, -0.15) is 0 Å². The first-order valence-electron chi connectivity index (χ1n) is 10.6. The van der Waals surface area contributed by atoms with E-state index in [0.717, 1.165) is 36.3 Å². The van der Waals surface area contributed by atoms with Crippen molar-refractivity contribution < 1.29 is 0 Å². The fraction of sp³-hybridized carbons (Fsp3) is 0.850. The minimum Gasteiger partial charge on any atom is -0.356 e. The fourth-order valence-corrected chi connectivity index (χ4v) is 4.37. The normalized spacial score (nSPS) is 16.7. The summed E-state index contributed by atoms with van der Waals surface area (Å²) in [5.74, 6) is 2.05. The van der Waals surface area contributed by atoms with Gasteiger partial charge in [0.05, 0.1) is 0 Å². The van der Waals surface area contributed by atoms with Gasteiger partial charge >= 0.3 is 0 Å². The molecule has 0 bridgehead atoms. The van der Waals surface area contributed by atoms with E-state index in [-0.39, 0.29) is 0 Å². The summed E-state index contributed by atoms with van der Waals surface area (Å²) < 4.78 is 2.40. The number of unbranched alkanes of at least 4 members (excludes halogenated alkanes) is 2. The lowest BCUT2D eigenvalue weighted by molar-refractivity contribution is 0.460. The molecule has 0 amide bonds. The van der Waals surface area contributed by atoms with Gasteiger partial charge in [0.15, 0.2) is 11.1 Å². The lowest BCUT2D eigenvalue weighted by Crippen LogP contribution is -2.42. The van der Waals surface area contributed by atoms with Crippen LogP contribution < -0.4 is 10.6 Å². The smallest absolute Gasteiger partial charge is 0.191 e. The van der Waals surface area contributed by atoms with E-state index in [9.17, 15) is 0 Å². The molecule has 154 valence electrons. The Labute approximate surface area is 169 Å². The van der Waals surface area contributed by atoms with Gasteiger partial charge in [-0.1, -0.05) is 50.8 Å². The molecule has 2 N–H and O–H groups in total. The summed E-state index contributed by atoms with van der Waals surface area (Å²) in [6.07, 6.45) is 14.3. The number of guanidine groups is 1. The molecule has 0 radical (unpaired) electrons. The molecule has 7 heteroatoms. The van der Waals surface area contributed by atoms with Crippen LogP contribution in [0.25, 0.3) is 0 Å². The van der Waals surface area contributed by atoms with Crippen molar-refractivity contribution in [2.45, 2.75) is 95.3 Å². The van der Waals surface area contributed by atoms with Crippen molar-refractivity contribution in [2.75, 3.05) is 19.8 Å². The Morgan fingerprint density at radius 1 is 1.26 bits per heavy atom. The predicted molar refractivity (Wildman–Crippen MR) is 116 cm³/mol. The average Bonchev–Trinajstić information content (AvgIpc) is 3.33. The third-order valence-corrected chi connectivity index (χ3v) is 5.97. The molecular formula is C20H38N6S. The zero-order valence-electron chi connectivity index (χ0n) is 17.6. The maximum atomic E-state index is 4.48. The van der Waals surface area contributed by atoms with E-state index in [4.69, 9.17) is 0 Å². The number of thioether (sulfide) groups is 1. The Bertz CT molecular complexity index is 565. The third kappa shape index (κ3) is 7.01.